The number of carbonyl (C=O) groups excluding carboxylic acids is 1. The van der Waals surface area contributed by atoms with Gasteiger partial charge in [-0.2, -0.15) is 5.10 Å². The van der Waals surface area contributed by atoms with Crippen LogP contribution in [0.4, 0.5) is 5.69 Å². The van der Waals surface area contributed by atoms with E-state index in [4.69, 9.17) is 0 Å². The van der Waals surface area contributed by atoms with Gasteiger partial charge in [0.25, 0.3) is 11.6 Å². The molecular weight excluding hydrogens is 334 g/mol. The highest BCUT2D eigenvalue weighted by atomic mass is 35.5. The number of amides is 1. The number of benzene rings is 1. The van der Waals surface area contributed by atoms with Crippen LogP contribution in [0.5, 0.6) is 0 Å². The van der Waals surface area contributed by atoms with Gasteiger partial charge in [-0.05, 0) is 31.2 Å². The predicted octanol–water partition coefficient (Wildman–Crippen LogP) is 1.93. The van der Waals surface area contributed by atoms with E-state index in [2.05, 4.69) is 22.7 Å². The molecule has 0 saturated carbocycles. The molecule has 0 radical (unpaired) electrons. The summed E-state index contributed by atoms with van der Waals surface area (Å²) in [6, 6.07) is 7.57. The molecule has 24 heavy (non-hydrogen) atoms. The van der Waals surface area contributed by atoms with Gasteiger partial charge < -0.3 is 10.6 Å². The Bertz CT molecular complexity index is 672. The molecule has 0 atom stereocenters. The molecule has 1 aromatic carbocycles. The average Bonchev–Trinajstić information content (AvgIpc) is 3.04. The molecular formula is C15H20ClN5O3. The lowest BCUT2D eigenvalue weighted by Crippen LogP contribution is -2.32. The first kappa shape index (κ1) is 19.6. The van der Waals surface area contributed by atoms with E-state index in [0.29, 0.717) is 24.5 Å². The third-order valence-electron chi connectivity index (χ3n) is 3.16. The van der Waals surface area contributed by atoms with E-state index in [0.717, 1.165) is 13.0 Å². The van der Waals surface area contributed by atoms with Gasteiger partial charge in [0, 0.05) is 31.4 Å². The Morgan fingerprint density at radius 3 is 2.54 bits per heavy atom. The van der Waals surface area contributed by atoms with Gasteiger partial charge in [0.2, 0.25) is 0 Å². The zero-order valence-electron chi connectivity index (χ0n) is 13.3. The van der Waals surface area contributed by atoms with E-state index >= 15 is 0 Å². The van der Waals surface area contributed by atoms with Crippen LogP contribution in [0.2, 0.25) is 0 Å². The van der Waals surface area contributed by atoms with Crippen molar-refractivity contribution < 1.29 is 9.72 Å². The molecule has 0 aliphatic heterocycles. The topological polar surface area (TPSA) is 102 Å². The molecule has 130 valence electrons. The third kappa shape index (κ3) is 5.32. The maximum atomic E-state index is 12.0. The van der Waals surface area contributed by atoms with E-state index in [9.17, 15) is 14.9 Å². The zero-order valence-corrected chi connectivity index (χ0v) is 14.1. The van der Waals surface area contributed by atoms with Gasteiger partial charge in [0.05, 0.1) is 10.6 Å². The van der Waals surface area contributed by atoms with Gasteiger partial charge in [-0.3, -0.25) is 14.9 Å². The van der Waals surface area contributed by atoms with Crippen LogP contribution in [-0.4, -0.2) is 40.2 Å². The first-order valence-corrected chi connectivity index (χ1v) is 7.41. The first-order valence-electron chi connectivity index (χ1n) is 7.41. The normalized spacial score (nSPS) is 10.0. The van der Waals surface area contributed by atoms with Crippen LogP contribution in [0.3, 0.4) is 0 Å². The van der Waals surface area contributed by atoms with Crippen LogP contribution in [0.15, 0.2) is 36.5 Å². The summed E-state index contributed by atoms with van der Waals surface area (Å²) >= 11 is 0. The van der Waals surface area contributed by atoms with Crippen LogP contribution >= 0.6 is 12.4 Å². The lowest BCUT2D eigenvalue weighted by Gasteiger charge is -2.04. The fourth-order valence-electron chi connectivity index (χ4n) is 1.97. The number of aromatic nitrogens is 2. The molecule has 2 rings (SSSR count). The molecule has 0 spiro atoms. The number of hydrogen-bond donors (Lipinski definition) is 2. The number of halogens is 1. The molecule has 1 heterocycles. The fraction of sp³-hybridized carbons (Fsp3) is 0.333. The second-order valence-electron chi connectivity index (χ2n) is 4.92. The largest absolute Gasteiger partial charge is 0.349 e. The molecule has 1 aromatic heterocycles. The first-order chi connectivity index (χ1) is 11.1. The van der Waals surface area contributed by atoms with E-state index in [1.54, 1.807) is 24.4 Å². The number of nitrogens with zero attached hydrogens (tertiary/aromatic N) is 3. The minimum Gasteiger partial charge on any atom is -0.349 e. The standard InChI is InChI=1S/C15H19N5O3.ClH/c1-2-8-16-9-10-17-15(21)14-7-11-19(18-14)12-3-5-13(6-4-12)20(22)23;/h3-7,11,16H,2,8-10H2,1H3,(H,17,21);1H. The summed E-state index contributed by atoms with van der Waals surface area (Å²) < 4.78 is 1.51. The Balaban J connectivity index is 0.00000288. The maximum Gasteiger partial charge on any atom is 0.271 e. The predicted molar refractivity (Wildman–Crippen MR) is 93.0 cm³/mol. The maximum absolute atomic E-state index is 12.0. The Kier molecular flexibility index (Phi) is 7.87. The molecule has 1 amide bonds. The number of nitro benzene ring substituents is 1. The summed E-state index contributed by atoms with van der Waals surface area (Å²) in [5.74, 6) is -0.246. The van der Waals surface area contributed by atoms with Gasteiger partial charge in [0.1, 0.15) is 0 Å². The van der Waals surface area contributed by atoms with Gasteiger partial charge in [-0.1, -0.05) is 6.92 Å². The Labute approximate surface area is 145 Å². The summed E-state index contributed by atoms with van der Waals surface area (Å²) in [6.07, 6.45) is 2.69. The molecule has 0 aliphatic carbocycles. The van der Waals surface area contributed by atoms with Crippen molar-refractivity contribution in [2.24, 2.45) is 0 Å². The molecule has 2 aromatic rings. The molecule has 8 nitrogen and oxygen atoms in total. The number of rotatable bonds is 8. The second kappa shape index (κ2) is 9.64. The lowest BCUT2D eigenvalue weighted by molar-refractivity contribution is -0.384. The SMILES string of the molecule is CCCNCCNC(=O)c1ccn(-c2ccc([N+](=O)[O-])cc2)n1.Cl. The van der Waals surface area contributed by atoms with E-state index < -0.39 is 4.92 Å². The van der Waals surface area contributed by atoms with Crippen LogP contribution in [-0.2, 0) is 0 Å². The minimum absolute atomic E-state index is 0. The quantitative estimate of drug-likeness (QED) is 0.429. The number of non-ortho nitro benzene ring substituents is 1. The van der Waals surface area contributed by atoms with Crippen LogP contribution in [0.1, 0.15) is 23.8 Å². The van der Waals surface area contributed by atoms with Crippen molar-refractivity contribution in [2.45, 2.75) is 13.3 Å². The van der Waals surface area contributed by atoms with E-state index in [1.165, 1.54) is 16.8 Å². The van der Waals surface area contributed by atoms with Crippen LogP contribution in [0, 0.1) is 10.1 Å². The van der Waals surface area contributed by atoms with Crippen molar-refractivity contribution in [2.75, 3.05) is 19.6 Å². The molecule has 0 fully saturated rings. The zero-order chi connectivity index (χ0) is 16.7. The molecule has 2 N–H and O–H groups in total. The number of hydrogen-bond acceptors (Lipinski definition) is 5. The monoisotopic (exact) mass is 353 g/mol. The summed E-state index contributed by atoms with van der Waals surface area (Å²) in [5.41, 5.74) is 0.969. The molecule has 0 unspecified atom stereocenters. The van der Waals surface area contributed by atoms with Crippen LogP contribution < -0.4 is 10.6 Å². The van der Waals surface area contributed by atoms with Crippen LogP contribution in [0.25, 0.3) is 5.69 Å². The summed E-state index contributed by atoms with van der Waals surface area (Å²) in [7, 11) is 0. The highest BCUT2D eigenvalue weighted by Gasteiger charge is 2.10. The highest BCUT2D eigenvalue weighted by molar-refractivity contribution is 5.92. The average molecular weight is 354 g/mol. The molecule has 0 aliphatic rings. The fourth-order valence-corrected chi connectivity index (χ4v) is 1.97. The minimum atomic E-state index is -0.460. The summed E-state index contributed by atoms with van der Waals surface area (Å²) in [6.45, 7) is 4.24. The van der Waals surface area contributed by atoms with Gasteiger partial charge >= 0.3 is 0 Å². The van der Waals surface area contributed by atoms with Gasteiger partial charge in [0.15, 0.2) is 5.69 Å². The number of nitrogens with one attached hydrogen (secondary N) is 2. The van der Waals surface area contributed by atoms with E-state index in [1.807, 2.05) is 0 Å². The smallest absolute Gasteiger partial charge is 0.271 e. The Hall–Kier alpha value is -2.45. The van der Waals surface area contributed by atoms with Crippen molar-refractivity contribution in [3.05, 3.63) is 52.3 Å². The Morgan fingerprint density at radius 2 is 1.92 bits per heavy atom. The van der Waals surface area contributed by atoms with Gasteiger partial charge in [-0.15, -0.1) is 12.4 Å². The third-order valence-corrected chi connectivity index (χ3v) is 3.16. The lowest BCUT2D eigenvalue weighted by atomic mass is 10.3. The highest BCUT2D eigenvalue weighted by Crippen LogP contribution is 2.14. The van der Waals surface area contributed by atoms with Crippen molar-refractivity contribution in [3.8, 4) is 5.69 Å². The summed E-state index contributed by atoms with van der Waals surface area (Å²) in [5, 5.41) is 20.8. The number of nitro groups is 1. The molecule has 9 heteroatoms. The van der Waals surface area contributed by atoms with Crippen molar-refractivity contribution in [3.63, 3.8) is 0 Å². The van der Waals surface area contributed by atoms with Crippen molar-refractivity contribution in [1.82, 2.24) is 20.4 Å². The number of carbonyl (C=O) groups is 1. The summed E-state index contributed by atoms with van der Waals surface area (Å²) in [4.78, 5) is 22.1. The second-order valence-corrected chi connectivity index (χ2v) is 4.92. The Morgan fingerprint density at radius 1 is 1.21 bits per heavy atom. The van der Waals surface area contributed by atoms with Crippen molar-refractivity contribution >= 4 is 24.0 Å². The van der Waals surface area contributed by atoms with Gasteiger partial charge in [-0.25, -0.2) is 4.68 Å². The van der Waals surface area contributed by atoms with E-state index in [-0.39, 0.29) is 24.0 Å². The molecule has 0 saturated heterocycles. The van der Waals surface area contributed by atoms with Crippen molar-refractivity contribution in [1.29, 1.82) is 0 Å². The molecule has 0 bridgehead atoms.